The molecule has 0 aromatic heterocycles. The van der Waals surface area contributed by atoms with Gasteiger partial charge in [0.2, 0.25) is 0 Å². The van der Waals surface area contributed by atoms with Gasteiger partial charge in [-0.3, -0.25) is 9.79 Å². The van der Waals surface area contributed by atoms with Gasteiger partial charge in [-0.2, -0.15) is 0 Å². The molecule has 2 unspecified atom stereocenters. The highest BCUT2D eigenvalue weighted by Crippen LogP contribution is 2.06. The fourth-order valence-corrected chi connectivity index (χ4v) is 1.99. The largest absolute Gasteiger partial charge is 0.354 e. The summed E-state index contributed by atoms with van der Waals surface area (Å²) in [6.07, 6.45) is 0.920. The second kappa shape index (κ2) is 12.1. The summed E-state index contributed by atoms with van der Waals surface area (Å²) in [5.74, 6) is 1.27. The number of halogens is 1. The lowest BCUT2D eigenvalue weighted by molar-refractivity contribution is 0.0939. The van der Waals surface area contributed by atoms with Gasteiger partial charge in [-0.05, 0) is 43.9 Å². The molecule has 1 aromatic carbocycles. The summed E-state index contributed by atoms with van der Waals surface area (Å²) in [5.41, 5.74) is 1.74. The van der Waals surface area contributed by atoms with E-state index in [1.807, 2.05) is 31.2 Å². The Bertz CT molecular complexity index is 560. The van der Waals surface area contributed by atoms with E-state index in [0.717, 1.165) is 17.9 Å². The van der Waals surface area contributed by atoms with Gasteiger partial charge in [0, 0.05) is 31.2 Å². The summed E-state index contributed by atoms with van der Waals surface area (Å²) in [6.45, 7) is 11.2. The van der Waals surface area contributed by atoms with E-state index in [0.29, 0.717) is 24.1 Å². The zero-order valence-electron chi connectivity index (χ0n) is 16.2. The standard InChI is InChI=1S/C19H32N4O.HI/c1-7-14(4)22-18(24)17-10-8-9-16(11-17)12-21-19(20-6)23-15(5)13(2)3;/h8-11,13-15H,7,12H2,1-6H3,(H,22,24)(H2,20,21,23);1H. The lowest BCUT2D eigenvalue weighted by Gasteiger charge is -2.20. The van der Waals surface area contributed by atoms with Crippen LogP contribution in [0.2, 0.25) is 0 Å². The van der Waals surface area contributed by atoms with Crippen LogP contribution in [0.1, 0.15) is 57.0 Å². The summed E-state index contributed by atoms with van der Waals surface area (Å²) in [7, 11) is 1.76. The Hall–Kier alpha value is -1.31. The molecule has 3 N–H and O–H groups in total. The van der Waals surface area contributed by atoms with Crippen LogP contribution >= 0.6 is 24.0 Å². The van der Waals surface area contributed by atoms with Gasteiger partial charge in [-0.1, -0.05) is 32.9 Å². The van der Waals surface area contributed by atoms with Crippen molar-refractivity contribution >= 4 is 35.8 Å². The van der Waals surface area contributed by atoms with Gasteiger partial charge in [0.15, 0.2) is 5.96 Å². The van der Waals surface area contributed by atoms with Crippen LogP contribution in [-0.2, 0) is 6.54 Å². The molecule has 0 heterocycles. The van der Waals surface area contributed by atoms with Gasteiger partial charge in [-0.15, -0.1) is 24.0 Å². The van der Waals surface area contributed by atoms with Crippen LogP contribution in [0.4, 0.5) is 0 Å². The fraction of sp³-hybridized carbons (Fsp3) is 0.579. The maximum atomic E-state index is 12.2. The number of hydrogen-bond acceptors (Lipinski definition) is 2. The molecule has 1 aromatic rings. The van der Waals surface area contributed by atoms with E-state index in [2.05, 4.69) is 48.6 Å². The number of guanidine groups is 1. The van der Waals surface area contributed by atoms with E-state index in [1.54, 1.807) is 7.05 Å². The van der Waals surface area contributed by atoms with Crippen LogP contribution < -0.4 is 16.0 Å². The second-order valence-corrected chi connectivity index (χ2v) is 6.59. The Morgan fingerprint density at radius 3 is 2.40 bits per heavy atom. The molecule has 0 fully saturated rings. The monoisotopic (exact) mass is 460 g/mol. The normalized spacial score (nSPS) is 13.6. The second-order valence-electron chi connectivity index (χ2n) is 6.59. The molecular weight excluding hydrogens is 427 g/mol. The maximum Gasteiger partial charge on any atom is 0.251 e. The van der Waals surface area contributed by atoms with Gasteiger partial charge < -0.3 is 16.0 Å². The Labute approximate surface area is 169 Å². The minimum Gasteiger partial charge on any atom is -0.354 e. The number of carbonyl (C=O) groups excluding carboxylic acids is 1. The minimum atomic E-state index is -0.0258. The van der Waals surface area contributed by atoms with Crippen molar-refractivity contribution in [3.05, 3.63) is 35.4 Å². The predicted molar refractivity (Wildman–Crippen MR) is 117 cm³/mol. The van der Waals surface area contributed by atoms with Gasteiger partial charge in [0.1, 0.15) is 0 Å². The smallest absolute Gasteiger partial charge is 0.251 e. The van der Waals surface area contributed by atoms with Crippen molar-refractivity contribution < 1.29 is 4.79 Å². The molecule has 0 radical (unpaired) electrons. The van der Waals surface area contributed by atoms with Crippen LogP contribution in [-0.4, -0.2) is 31.0 Å². The van der Waals surface area contributed by atoms with E-state index in [4.69, 9.17) is 0 Å². The summed E-state index contributed by atoms with van der Waals surface area (Å²) < 4.78 is 0. The lowest BCUT2D eigenvalue weighted by atomic mass is 10.1. The van der Waals surface area contributed by atoms with Crippen LogP contribution in [0.15, 0.2) is 29.3 Å². The third kappa shape index (κ3) is 8.56. The molecule has 0 saturated carbocycles. The number of rotatable bonds is 7. The molecule has 2 atom stereocenters. The molecule has 6 heteroatoms. The van der Waals surface area contributed by atoms with Gasteiger partial charge >= 0.3 is 0 Å². The van der Waals surface area contributed by atoms with E-state index in [1.165, 1.54) is 0 Å². The van der Waals surface area contributed by atoms with Crippen molar-refractivity contribution in [3.8, 4) is 0 Å². The molecule has 0 bridgehead atoms. The molecule has 0 saturated heterocycles. The average molecular weight is 460 g/mol. The molecule has 142 valence electrons. The fourth-order valence-electron chi connectivity index (χ4n) is 1.99. The van der Waals surface area contributed by atoms with E-state index < -0.39 is 0 Å². The Balaban J connectivity index is 0.00000576. The third-order valence-electron chi connectivity index (χ3n) is 4.23. The van der Waals surface area contributed by atoms with Crippen molar-refractivity contribution in [2.45, 2.75) is 59.7 Å². The number of aliphatic imine (C=N–C) groups is 1. The van der Waals surface area contributed by atoms with E-state index in [-0.39, 0.29) is 35.9 Å². The SMILES string of the molecule is CCC(C)NC(=O)c1cccc(CNC(=NC)NC(C)C(C)C)c1.I. The molecule has 0 aliphatic carbocycles. The highest BCUT2D eigenvalue weighted by atomic mass is 127. The Morgan fingerprint density at radius 1 is 1.16 bits per heavy atom. The van der Waals surface area contributed by atoms with Crippen molar-refractivity contribution in [3.63, 3.8) is 0 Å². The first-order valence-electron chi connectivity index (χ1n) is 8.74. The predicted octanol–water partition coefficient (Wildman–Crippen LogP) is 3.54. The van der Waals surface area contributed by atoms with Crippen molar-refractivity contribution in [1.29, 1.82) is 0 Å². The van der Waals surface area contributed by atoms with Crippen molar-refractivity contribution in [1.82, 2.24) is 16.0 Å². The maximum absolute atomic E-state index is 12.2. The molecule has 1 rings (SSSR count). The Morgan fingerprint density at radius 2 is 1.84 bits per heavy atom. The molecule has 25 heavy (non-hydrogen) atoms. The number of benzene rings is 1. The summed E-state index contributed by atoms with van der Waals surface area (Å²) in [4.78, 5) is 16.5. The highest BCUT2D eigenvalue weighted by Gasteiger charge is 2.10. The quantitative estimate of drug-likeness (QED) is 0.331. The zero-order chi connectivity index (χ0) is 18.1. The summed E-state index contributed by atoms with van der Waals surface area (Å²) >= 11 is 0. The van der Waals surface area contributed by atoms with Crippen LogP contribution in [0.5, 0.6) is 0 Å². The van der Waals surface area contributed by atoms with Crippen molar-refractivity contribution in [2.24, 2.45) is 10.9 Å². The first-order valence-corrected chi connectivity index (χ1v) is 8.74. The Kier molecular flexibility index (Phi) is 11.5. The van der Waals surface area contributed by atoms with Crippen LogP contribution in [0.3, 0.4) is 0 Å². The molecule has 1 amide bonds. The van der Waals surface area contributed by atoms with Crippen LogP contribution in [0, 0.1) is 5.92 Å². The number of carbonyl (C=O) groups is 1. The summed E-state index contributed by atoms with van der Waals surface area (Å²) in [5, 5.41) is 9.66. The highest BCUT2D eigenvalue weighted by molar-refractivity contribution is 14.0. The topological polar surface area (TPSA) is 65.5 Å². The number of nitrogens with zero attached hydrogens (tertiary/aromatic N) is 1. The molecule has 0 aliphatic heterocycles. The number of amides is 1. The first-order chi connectivity index (χ1) is 11.4. The van der Waals surface area contributed by atoms with E-state index in [9.17, 15) is 4.79 Å². The molecule has 0 spiro atoms. The molecular formula is C19H33IN4O. The number of hydrogen-bond donors (Lipinski definition) is 3. The van der Waals surface area contributed by atoms with Gasteiger partial charge in [0.25, 0.3) is 5.91 Å². The molecule has 0 aliphatic rings. The van der Waals surface area contributed by atoms with Crippen molar-refractivity contribution in [2.75, 3.05) is 7.05 Å². The summed E-state index contributed by atoms with van der Waals surface area (Å²) in [6, 6.07) is 8.20. The van der Waals surface area contributed by atoms with Crippen LogP contribution in [0.25, 0.3) is 0 Å². The lowest BCUT2D eigenvalue weighted by Crippen LogP contribution is -2.43. The minimum absolute atomic E-state index is 0. The van der Waals surface area contributed by atoms with Gasteiger partial charge in [-0.25, -0.2) is 0 Å². The first kappa shape index (κ1) is 23.7. The van der Waals surface area contributed by atoms with E-state index >= 15 is 0 Å². The zero-order valence-corrected chi connectivity index (χ0v) is 18.5. The molecule has 5 nitrogen and oxygen atoms in total. The number of nitrogens with one attached hydrogen (secondary N) is 3. The third-order valence-corrected chi connectivity index (χ3v) is 4.23. The average Bonchev–Trinajstić information content (AvgIpc) is 2.58. The van der Waals surface area contributed by atoms with Gasteiger partial charge in [0.05, 0.1) is 0 Å².